The van der Waals surface area contributed by atoms with Crippen molar-refractivity contribution in [1.29, 1.82) is 0 Å². The molecular formula is C15H19N3O2S. The minimum Gasteiger partial charge on any atom is -0.361 e. The Morgan fingerprint density at radius 2 is 2.10 bits per heavy atom. The van der Waals surface area contributed by atoms with Crippen molar-refractivity contribution in [3.8, 4) is 0 Å². The van der Waals surface area contributed by atoms with Crippen molar-refractivity contribution < 1.29 is 9.32 Å². The van der Waals surface area contributed by atoms with Crippen LogP contribution in [0.15, 0.2) is 22.0 Å². The molecular weight excluding hydrogens is 286 g/mol. The number of carbonyl (C=O) groups excluding carboxylic acids is 1. The number of hydrogen-bond donors (Lipinski definition) is 0. The minimum atomic E-state index is 0.166. The summed E-state index contributed by atoms with van der Waals surface area (Å²) in [7, 11) is 0. The molecule has 21 heavy (non-hydrogen) atoms. The van der Waals surface area contributed by atoms with Gasteiger partial charge in [-0.15, -0.1) is 11.3 Å². The Balaban J connectivity index is 1.55. The zero-order chi connectivity index (χ0) is 14.8. The van der Waals surface area contributed by atoms with E-state index in [2.05, 4.69) is 10.1 Å². The van der Waals surface area contributed by atoms with Crippen molar-refractivity contribution in [3.05, 3.63) is 39.4 Å². The van der Waals surface area contributed by atoms with Crippen LogP contribution < -0.4 is 0 Å². The molecule has 0 radical (unpaired) electrons. The molecule has 1 aliphatic heterocycles. The third kappa shape index (κ3) is 3.16. The van der Waals surface area contributed by atoms with E-state index >= 15 is 0 Å². The lowest BCUT2D eigenvalue weighted by atomic mass is 10.2. The first-order valence-electron chi connectivity index (χ1n) is 7.11. The first-order chi connectivity index (χ1) is 10.1. The van der Waals surface area contributed by atoms with E-state index in [0.29, 0.717) is 0 Å². The zero-order valence-electron chi connectivity index (χ0n) is 12.3. The second-order valence-electron chi connectivity index (χ2n) is 5.43. The summed E-state index contributed by atoms with van der Waals surface area (Å²) in [6.07, 6.45) is 0. The fourth-order valence-electron chi connectivity index (χ4n) is 2.57. The Morgan fingerprint density at radius 1 is 1.33 bits per heavy atom. The van der Waals surface area contributed by atoms with Crippen LogP contribution in [0.25, 0.3) is 0 Å². The van der Waals surface area contributed by atoms with Crippen LogP contribution >= 0.6 is 11.3 Å². The number of thiophene rings is 1. The molecule has 112 valence electrons. The van der Waals surface area contributed by atoms with E-state index in [9.17, 15) is 4.79 Å². The van der Waals surface area contributed by atoms with Gasteiger partial charge >= 0.3 is 0 Å². The fraction of sp³-hybridized carbons (Fsp3) is 0.467. The van der Waals surface area contributed by atoms with E-state index in [-0.39, 0.29) is 5.91 Å². The van der Waals surface area contributed by atoms with Gasteiger partial charge in [-0.2, -0.15) is 0 Å². The lowest BCUT2D eigenvalue weighted by Gasteiger charge is -2.34. The van der Waals surface area contributed by atoms with Crippen LogP contribution in [0.3, 0.4) is 0 Å². The molecule has 0 spiro atoms. The molecule has 0 aromatic carbocycles. The average molecular weight is 305 g/mol. The minimum absolute atomic E-state index is 0.166. The number of aryl methyl sites for hydroxylation is 2. The Bertz CT molecular complexity index is 626. The predicted molar refractivity (Wildman–Crippen MR) is 81.5 cm³/mol. The van der Waals surface area contributed by atoms with E-state index in [1.807, 2.05) is 36.3 Å². The topological polar surface area (TPSA) is 49.6 Å². The summed E-state index contributed by atoms with van der Waals surface area (Å²) in [5.74, 6) is 1.01. The van der Waals surface area contributed by atoms with Crippen molar-refractivity contribution >= 4 is 17.2 Å². The fourth-order valence-corrected chi connectivity index (χ4v) is 3.46. The monoisotopic (exact) mass is 305 g/mol. The molecule has 1 saturated heterocycles. The molecule has 1 fully saturated rings. The van der Waals surface area contributed by atoms with Gasteiger partial charge < -0.3 is 9.42 Å². The molecule has 0 bridgehead atoms. The van der Waals surface area contributed by atoms with Gasteiger partial charge in [0.15, 0.2) is 0 Å². The maximum Gasteiger partial charge on any atom is 0.264 e. The van der Waals surface area contributed by atoms with Gasteiger partial charge in [-0.25, -0.2) is 0 Å². The first kappa shape index (κ1) is 14.3. The Labute approximate surface area is 128 Å². The number of aromatic nitrogens is 1. The average Bonchev–Trinajstić information content (AvgIpc) is 3.08. The van der Waals surface area contributed by atoms with Gasteiger partial charge in [0.05, 0.1) is 10.6 Å². The summed E-state index contributed by atoms with van der Waals surface area (Å²) >= 11 is 1.53. The van der Waals surface area contributed by atoms with Gasteiger partial charge in [0, 0.05) is 38.8 Å². The highest BCUT2D eigenvalue weighted by Crippen LogP contribution is 2.19. The quantitative estimate of drug-likeness (QED) is 0.873. The molecule has 6 heteroatoms. The highest BCUT2D eigenvalue weighted by molar-refractivity contribution is 7.12. The number of hydrogen-bond acceptors (Lipinski definition) is 5. The number of rotatable bonds is 3. The van der Waals surface area contributed by atoms with Crippen LogP contribution in [-0.2, 0) is 6.54 Å². The SMILES string of the molecule is Cc1cc(CN2CCN(C(=O)c3sccc3C)CC2)no1. The first-order valence-corrected chi connectivity index (χ1v) is 7.99. The third-order valence-electron chi connectivity index (χ3n) is 3.78. The van der Waals surface area contributed by atoms with E-state index in [1.54, 1.807) is 0 Å². The second kappa shape index (κ2) is 5.99. The third-order valence-corrected chi connectivity index (χ3v) is 4.78. The number of piperazine rings is 1. The summed E-state index contributed by atoms with van der Waals surface area (Å²) in [4.78, 5) is 17.6. The molecule has 2 aromatic rings. The molecule has 0 saturated carbocycles. The normalized spacial score (nSPS) is 16.4. The Hall–Kier alpha value is -1.66. The van der Waals surface area contributed by atoms with Crippen LogP contribution in [0.5, 0.6) is 0 Å². The molecule has 0 N–H and O–H groups in total. The molecule has 1 amide bonds. The smallest absolute Gasteiger partial charge is 0.264 e. The summed E-state index contributed by atoms with van der Waals surface area (Å²) < 4.78 is 5.09. The van der Waals surface area contributed by atoms with Crippen molar-refractivity contribution in [1.82, 2.24) is 15.0 Å². The Kier molecular flexibility index (Phi) is 4.07. The molecule has 1 aliphatic rings. The molecule has 0 unspecified atom stereocenters. The van der Waals surface area contributed by atoms with Gasteiger partial charge in [-0.3, -0.25) is 9.69 Å². The van der Waals surface area contributed by atoms with Gasteiger partial charge in [0.25, 0.3) is 5.91 Å². The molecule has 0 aliphatic carbocycles. The van der Waals surface area contributed by atoms with Crippen molar-refractivity contribution in [3.63, 3.8) is 0 Å². The molecule has 3 heterocycles. The van der Waals surface area contributed by atoms with Gasteiger partial charge in [0.2, 0.25) is 0 Å². The van der Waals surface area contributed by atoms with Gasteiger partial charge in [-0.1, -0.05) is 5.16 Å². The number of carbonyl (C=O) groups is 1. The lowest BCUT2D eigenvalue weighted by molar-refractivity contribution is 0.0630. The van der Waals surface area contributed by atoms with Gasteiger partial charge in [-0.05, 0) is 30.9 Å². The van der Waals surface area contributed by atoms with E-state index in [4.69, 9.17) is 4.52 Å². The maximum absolute atomic E-state index is 12.4. The van der Waals surface area contributed by atoms with E-state index in [1.165, 1.54) is 11.3 Å². The number of amides is 1. The molecule has 3 rings (SSSR count). The van der Waals surface area contributed by atoms with E-state index in [0.717, 1.165) is 54.6 Å². The standard InChI is InChI=1S/C15H19N3O2S/c1-11-3-8-21-14(11)15(19)18-6-4-17(5-7-18)10-13-9-12(2)20-16-13/h3,8-9H,4-7,10H2,1-2H3. The maximum atomic E-state index is 12.4. The van der Waals surface area contributed by atoms with Crippen molar-refractivity contribution in [2.45, 2.75) is 20.4 Å². The number of nitrogens with zero attached hydrogens (tertiary/aromatic N) is 3. The highest BCUT2D eigenvalue weighted by atomic mass is 32.1. The summed E-state index contributed by atoms with van der Waals surface area (Å²) in [5.41, 5.74) is 2.03. The van der Waals surface area contributed by atoms with Gasteiger partial charge in [0.1, 0.15) is 5.76 Å². The van der Waals surface area contributed by atoms with Crippen LogP contribution in [0, 0.1) is 13.8 Å². The van der Waals surface area contributed by atoms with Crippen LogP contribution in [0.1, 0.15) is 26.7 Å². The lowest BCUT2D eigenvalue weighted by Crippen LogP contribution is -2.48. The zero-order valence-corrected chi connectivity index (χ0v) is 13.2. The molecule has 0 atom stereocenters. The van der Waals surface area contributed by atoms with Crippen LogP contribution in [0.2, 0.25) is 0 Å². The second-order valence-corrected chi connectivity index (χ2v) is 6.35. The summed E-state index contributed by atoms with van der Waals surface area (Å²) in [6.45, 7) is 7.98. The van der Waals surface area contributed by atoms with Crippen molar-refractivity contribution in [2.24, 2.45) is 0 Å². The molecule has 2 aromatic heterocycles. The summed E-state index contributed by atoms with van der Waals surface area (Å²) in [6, 6.07) is 3.97. The van der Waals surface area contributed by atoms with E-state index < -0.39 is 0 Å². The predicted octanol–water partition coefficient (Wildman–Crippen LogP) is 2.31. The van der Waals surface area contributed by atoms with Crippen LogP contribution in [-0.4, -0.2) is 47.0 Å². The Morgan fingerprint density at radius 3 is 2.67 bits per heavy atom. The largest absolute Gasteiger partial charge is 0.361 e. The molecule has 5 nitrogen and oxygen atoms in total. The van der Waals surface area contributed by atoms with Crippen LogP contribution in [0.4, 0.5) is 0 Å². The highest BCUT2D eigenvalue weighted by Gasteiger charge is 2.24. The summed E-state index contributed by atoms with van der Waals surface area (Å²) in [5, 5.41) is 6.00. The van der Waals surface area contributed by atoms with Crippen molar-refractivity contribution in [2.75, 3.05) is 26.2 Å².